The fourth-order valence-electron chi connectivity index (χ4n) is 3.31. The lowest BCUT2D eigenvalue weighted by Gasteiger charge is -2.12. The van der Waals surface area contributed by atoms with Crippen molar-refractivity contribution in [2.45, 2.75) is 20.5 Å². The van der Waals surface area contributed by atoms with Crippen molar-refractivity contribution in [3.8, 4) is 11.5 Å². The summed E-state index contributed by atoms with van der Waals surface area (Å²) in [5, 5.41) is 2.28. The summed E-state index contributed by atoms with van der Waals surface area (Å²) in [7, 11) is 0. The molecule has 0 bridgehead atoms. The van der Waals surface area contributed by atoms with E-state index in [4.69, 9.17) is 14.5 Å². The van der Waals surface area contributed by atoms with Crippen LogP contribution >= 0.6 is 0 Å². The Hall–Kier alpha value is -3.59. The second-order valence-corrected chi connectivity index (χ2v) is 7.16. The van der Waals surface area contributed by atoms with Crippen LogP contribution in [0, 0.1) is 6.92 Å². The molecule has 4 rings (SSSR count). The Morgan fingerprint density at radius 2 is 1.57 bits per heavy atom. The molecule has 0 amide bonds. The lowest BCUT2D eigenvalue weighted by molar-refractivity contribution is 0.306. The largest absolute Gasteiger partial charge is 0.494 e. The highest BCUT2D eigenvalue weighted by Crippen LogP contribution is 2.28. The molecular formula is C27H25NO2. The van der Waals surface area contributed by atoms with Gasteiger partial charge in [0.15, 0.2) is 0 Å². The van der Waals surface area contributed by atoms with Crippen LogP contribution in [0.4, 0.5) is 5.69 Å². The van der Waals surface area contributed by atoms with Crippen molar-refractivity contribution in [2.24, 2.45) is 4.99 Å². The third-order valence-electron chi connectivity index (χ3n) is 4.94. The SMILES string of the molecule is CCOc1ccc(N=Cc2c(OCc3ccc(C)cc3)ccc3ccccc23)cc1. The summed E-state index contributed by atoms with van der Waals surface area (Å²) < 4.78 is 11.7. The molecule has 3 nitrogen and oxygen atoms in total. The minimum Gasteiger partial charge on any atom is -0.494 e. The molecule has 0 spiro atoms. The van der Waals surface area contributed by atoms with Crippen molar-refractivity contribution in [1.29, 1.82) is 0 Å². The molecule has 0 aliphatic rings. The van der Waals surface area contributed by atoms with Gasteiger partial charge in [0.1, 0.15) is 18.1 Å². The van der Waals surface area contributed by atoms with Crippen molar-refractivity contribution in [3.05, 3.63) is 102 Å². The van der Waals surface area contributed by atoms with Gasteiger partial charge < -0.3 is 9.47 Å². The van der Waals surface area contributed by atoms with E-state index in [9.17, 15) is 0 Å². The van der Waals surface area contributed by atoms with Crippen LogP contribution < -0.4 is 9.47 Å². The van der Waals surface area contributed by atoms with Crippen LogP contribution in [0.5, 0.6) is 11.5 Å². The van der Waals surface area contributed by atoms with Crippen LogP contribution in [0.1, 0.15) is 23.6 Å². The highest BCUT2D eigenvalue weighted by Gasteiger charge is 2.08. The molecule has 150 valence electrons. The molecule has 0 aromatic heterocycles. The van der Waals surface area contributed by atoms with E-state index in [1.807, 2.05) is 55.6 Å². The van der Waals surface area contributed by atoms with Gasteiger partial charge in [0.05, 0.1) is 12.3 Å². The molecule has 0 aliphatic carbocycles. The predicted molar refractivity (Wildman–Crippen MR) is 124 cm³/mol. The lowest BCUT2D eigenvalue weighted by atomic mass is 10.0. The quantitative estimate of drug-likeness (QED) is 0.319. The van der Waals surface area contributed by atoms with E-state index in [1.165, 1.54) is 5.56 Å². The number of aliphatic imine (C=N–C) groups is 1. The lowest BCUT2D eigenvalue weighted by Crippen LogP contribution is -1.99. The summed E-state index contributed by atoms with van der Waals surface area (Å²) in [5.41, 5.74) is 4.24. The van der Waals surface area contributed by atoms with Gasteiger partial charge in [-0.2, -0.15) is 0 Å². The minimum atomic E-state index is 0.516. The molecule has 0 fully saturated rings. The monoisotopic (exact) mass is 395 g/mol. The van der Waals surface area contributed by atoms with Gasteiger partial charge in [-0.15, -0.1) is 0 Å². The van der Waals surface area contributed by atoms with Gasteiger partial charge >= 0.3 is 0 Å². The molecule has 0 unspecified atom stereocenters. The fourth-order valence-corrected chi connectivity index (χ4v) is 3.31. The number of hydrogen-bond acceptors (Lipinski definition) is 3. The van der Waals surface area contributed by atoms with Crippen LogP contribution in [0.2, 0.25) is 0 Å². The summed E-state index contributed by atoms with van der Waals surface area (Å²) in [4.78, 5) is 4.69. The van der Waals surface area contributed by atoms with Gasteiger partial charge in [0.2, 0.25) is 0 Å². The average molecular weight is 396 g/mol. The molecule has 30 heavy (non-hydrogen) atoms. The minimum absolute atomic E-state index is 0.516. The van der Waals surface area contributed by atoms with E-state index < -0.39 is 0 Å². The first-order valence-electron chi connectivity index (χ1n) is 10.2. The van der Waals surface area contributed by atoms with E-state index in [1.54, 1.807) is 0 Å². The Morgan fingerprint density at radius 3 is 2.33 bits per heavy atom. The Kier molecular flexibility index (Phi) is 6.09. The van der Waals surface area contributed by atoms with Crippen LogP contribution in [0.15, 0.2) is 89.9 Å². The molecule has 0 atom stereocenters. The molecule has 0 radical (unpaired) electrons. The zero-order chi connectivity index (χ0) is 20.8. The number of fused-ring (bicyclic) bond motifs is 1. The van der Waals surface area contributed by atoms with Gasteiger partial charge in [0.25, 0.3) is 0 Å². The van der Waals surface area contributed by atoms with E-state index in [0.29, 0.717) is 13.2 Å². The van der Waals surface area contributed by atoms with Gasteiger partial charge in [-0.25, -0.2) is 0 Å². The maximum Gasteiger partial charge on any atom is 0.129 e. The van der Waals surface area contributed by atoms with Gasteiger partial charge in [-0.05, 0) is 60.5 Å². The first-order chi connectivity index (χ1) is 14.7. The van der Waals surface area contributed by atoms with Gasteiger partial charge in [-0.1, -0.05) is 60.2 Å². The third kappa shape index (κ3) is 4.69. The van der Waals surface area contributed by atoms with Crippen LogP contribution in [0.25, 0.3) is 10.8 Å². The number of nitrogens with zero attached hydrogens (tertiary/aromatic N) is 1. The summed E-state index contributed by atoms with van der Waals surface area (Å²) in [6.07, 6.45) is 1.89. The first kappa shape index (κ1) is 19.7. The highest BCUT2D eigenvalue weighted by atomic mass is 16.5. The van der Waals surface area contributed by atoms with Crippen LogP contribution in [-0.4, -0.2) is 12.8 Å². The molecule has 0 aliphatic heterocycles. The number of benzene rings is 4. The van der Waals surface area contributed by atoms with Crippen LogP contribution in [-0.2, 0) is 6.61 Å². The third-order valence-corrected chi connectivity index (χ3v) is 4.94. The second kappa shape index (κ2) is 9.27. The molecule has 0 saturated heterocycles. The van der Waals surface area contributed by atoms with Gasteiger partial charge in [0, 0.05) is 11.8 Å². The maximum atomic E-state index is 6.20. The highest BCUT2D eigenvalue weighted by molar-refractivity contribution is 6.03. The Bertz CT molecular complexity index is 1150. The van der Waals surface area contributed by atoms with E-state index in [2.05, 4.69) is 49.4 Å². The number of hydrogen-bond donors (Lipinski definition) is 0. The zero-order valence-corrected chi connectivity index (χ0v) is 17.3. The van der Waals surface area contributed by atoms with Crippen molar-refractivity contribution < 1.29 is 9.47 Å². The van der Waals surface area contributed by atoms with E-state index >= 15 is 0 Å². The summed E-state index contributed by atoms with van der Waals surface area (Å²) in [6.45, 7) is 5.23. The standard InChI is InChI=1S/C27H25NO2/c1-3-29-24-15-13-23(14-16-24)28-18-26-25-7-5-4-6-22(25)12-17-27(26)30-19-21-10-8-20(2)9-11-21/h4-18H,3,19H2,1-2H3. The Balaban J connectivity index is 1.63. The molecule has 0 N–H and O–H groups in total. The van der Waals surface area contributed by atoms with E-state index in [0.717, 1.165) is 39.1 Å². The maximum absolute atomic E-state index is 6.20. The van der Waals surface area contributed by atoms with Crippen molar-refractivity contribution in [2.75, 3.05) is 6.61 Å². The summed E-state index contributed by atoms with van der Waals surface area (Å²) in [6, 6.07) is 28.6. The van der Waals surface area contributed by atoms with Gasteiger partial charge in [-0.3, -0.25) is 4.99 Å². The van der Waals surface area contributed by atoms with Crippen molar-refractivity contribution in [1.82, 2.24) is 0 Å². The Morgan fingerprint density at radius 1 is 0.800 bits per heavy atom. The second-order valence-electron chi connectivity index (χ2n) is 7.16. The van der Waals surface area contributed by atoms with E-state index in [-0.39, 0.29) is 0 Å². The molecule has 4 aromatic carbocycles. The molecule has 4 aromatic rings. The average Bonchev–Trinajstić information content (AvgIpc) is 2.78. The topological polar surface area (TPSA) is 30.8 Å². The molecule has 0 saturated carbocycles. The Labute approximate surface area is 177 Å². The zero-order valence-electron chi connectivity index (χ0n) is 17.3. The van der Waals surface area contributed by atoms with Crippen molar-refractivity contribution in [3.63, 3.8) is 0 Å². The molecule has 0 heterocycles. The normalized spacial score (nSPS) is 11.1. The number of ether oxygens (including phenoxy) is 2. The summed E-state index contributed by atoms with van der Waals surface area (Å²) in [5.74, 6) is 1.67. The molecule has 3 heteroatoms. The number of rotatable bonds is 7. The fraction of sp³-hybridized carbons (Fsp3) is 0.148. The molecular weight excluding hydrogens is 370 g/mol. The van der Waals surface area contributed by atoms with Crippen molar-refractivity contribution >= 4 is 22.7 Å². The predicted octanol–water partition coefficient (Wildman–Crippen LogP) is 6.88. The smallest absolute Gasteiger partial charge is 0.129 e. The number of aryl methyl sites for hydroxylation is 1. The van der Waals surface area contributed by atoms with Crippen LogP contribution in [0.3, 0.4) is 0 Å². The first-order valence-corrected chi connectivity index (χ1v) is 10.2. The summed E-state index contributed by atoms with van der Waals surface area (Å²) >= 11 is 0.